The van der Waals surface area contributed by atoms with Crippen LogP contribution in [0.3, 0.4) is 0 Å². The summed E-state index contributed by atoms with van der Waals surface area (Å²) < 4.78 is 5.14. The molecule has 0 unspecified atom stereocenters. The number of hydrogen-bond acceptors (Lipinski definition) is 5. The van der Waals surface area contributed by atoms with Gasteiger partial charge in [-0.25, -0.2) is 4.98 Å². The highest BCUT2D eigenvalue weighted by molar-refractivity contribution is 7.14. The predicted molar refractivity (Wildman–Crippen MR) is 101 cm³/mol. The monoisotopic (exact) mass is 337 g/mol. The Labute approximate surface area is 145 Å². The molecule has 1 N–H and O–H groups in total. The third-order valence-electron chi connectivity index (χ3n) is 3.66. The highest BCUT2D eigenvalue weighted by atomic mass is 32.1. The average molecular weight is 337 g/mol. The van der Waals surface area contributed by atoms with Crippen molar-refractivity contribution in [3.63, 3.8) is 0 Å². The summed E-state index contributed by atoms with van der Waals surface area (Å²) in [6.07, 6.45) is 1.76. The minimum Gasteiger partial charge on any atom is -0.497 e. The van der Waals surface area contributed by atoms with Crippen LogP contribution in [0, 0.1) is 13.8 Å². The van der Waals surface area contributed by atoms with Crippen molar-refractivity contribution in [1.82, 2.24) is 4.98 Å². The zero-order valence-electron chi connectivity index (χ0n) is 13.9. The lowest BCUT2D eigenvalue weighted by Crippen LogP contribution is -1.91. The lowest BCUT2D eigenvalue weighted by atomic mass is 10.0. The van der Waals surface area contributed by atoms with E-state index in [1.807, 2.05) is 29.6 Å². The van der Waals surface area contributed by atoms with Gasteiger partial charge >= 0.3 is 0 Å². The Morgan fingerprint density at radius 2 is 1.92 bits per heavy atom. The van der Waals surface area contributed by atoms with E-state index in [0.717, 1.165) is 22.1 Å². The third-order valence-corrected chi connectivity index (χ3v) is 4.41. The molecule has 1 aromatic heterocycles. The van der Waals surface area contributed by atoms with Crippen LogP contribution < -0.4 is 10.2 Å². The van der Waals surface area contributed by atoms with Crippen molar-refractivity contribution in [2.75, 3.05) is 12.5 Å². The van der Waals surface area contributed by atoms with Crippen molar-refractivity contribution in [1.29, 1.82) is 0 Å². The van der Waals surface area contributed by atoms with Crippen molar-refractivity contribution in [3.05, 3.63) is 64.5 Å². The number of methoxy groups -OCH3 is 1. The molecule has 0 saturated heterocycles. The molecule has 5 heteroatoms. The fourth-order valence-electron chi connectivity index (χ4n) is 2.31. The van der Waals surface area contributed by atoms with Crippen LogP contribution in [-0.4, -0.2) is 18.3 Å². The molecular formula is C19H19N3OS. The summed E-state index contributed by atoms with van der Waals surface area (Å²) in [5.74, 6) is 0.832. The Bertz CT molecular complexity index is 853. The number of anilines is 1. The zero-order valence-corrected chi connectivity index (χ0v) is 14.7. The van der Waals surface area contributed by atoms with E-state index in [1.165, 1.54) is 16.7 Å². The van der Waals surface area contributed by atoms with Gasteiger partial charge in [-0.3, -0.25) is 5.43 Å². The van der Waals surface area contributed by atoms with Gasteiger partial charge < -0.3 is 4.74 Å². The van der Waals surface area contributed by atoms with Crippen LogP contribution in [0.4, 0.5) is 5.13 Å². The number of aryl methyl sites for hydroxylation is 2. The van der Waals surface area contributed by atoms with Crippen molar-refractivity contribution >= 4 is 22.7 Å². The molecule has 0 bridgehead atoms. The largest absolute Gasteiger partial charge is 0.497 e. The first-order valence-electron chi connectivity index (χ1n) is 7.62. The summed E-state index contributed by atoms with van der Waals surface area (Å²) in [6.45, 7) is 4.19. The maximum atomic E-state index is 5.14. The lowest BCUT2D eigenvalue weighted by Gasteiger charge is -2.03. The normalized spacial score (nSPS) is 11.0. The van der Waals surface area contributed by atoms with Crippen LogP contribution in [0.5, 0.6) is 5.75 Å². The van der Waals surface area contributed by atoms with Crippen molar-refractivity contribution in [2.24, 2.45) is 5.10 Å². The number of rotatable bonds is 5. The average Bonchev–Trinajstić information content (AvgIpc) is 3.06. The molecule has 122 valence electrons. The summed E-state index contributed by atoms with van der Waals surface area (Å²) in [6, 6.07) is 14.1. The first kappa shape index (κ1) is 16.2. The number of nitrogens with one attached hydrogen (secondary N) is 1. The van der Waals surface area contributed by atoms with Gasteiger partial charge in [0.2, 0.25) is 5.13 Å². The smallest absolute Gasteiger partial charge is 0.203 e. The van der Waals surface area contributed by atoms with E-state index < -0.39 is 0 Å². The summed E-state index contributed by atoms with van der Waals surface area (Å²) in [7, 11) is 1.65. The van der Waals surface area contributed by atoms with Crippen LogP contribution in [0.2, 0.25) is 0 Å². The first-order chi connectivity index (χ1) is 11.7. The molecule has 1 heterocycles. The number of aromatic nitrogens is 1. The molecule has 3 aromatic rings. The summed E-state index contributed by atoms with van der Waals surface area (Å²) in [5, 5.41) is 7.07. The predicted octanol–water partition coefficient (Wildman–Crippen LogP) is 4.88. The van der Waals surface area contributed by atoms with E-state index in [1.54, 1.807) is 24.7 Å². The molecule has 0 spiro atoms. The summed E-state index contributed by atoms with van der Waals surface area (Å²) in [5.41, 5.74) is 8.58. The SMILES string of the molecule is COc1ccc(/C=N\Nc2nc(-c3cc(C)ccc3C)cs2)cc1. The molecule has 2 aromatic carbocycles. The van der Waals surface area contributed by atoms with Crippen molar-refractivity contribution in [2.45, 2.75) is 13.8 Å². The Hall–Kier alpha value is -2.66. The molecule has 4 nitrogen and oxygen atoms in total. The molecule has 0 aliphatic rings. The van der Waals surface area contributed by atoms with E-state index in [0.29, 0.717) is 0 Å². The second-order valence-corrected chi connectivity index (χ2v) is 6.36. The molecule has 0 aliphatic carbocycles. The summed E-state index contributed by atoms with van der Waals surface area (Å²) >= 11 is 1.54. The minimum atomic E-state index is 0.774. The first-order valence-corrected chi connectivity index (χ1v) is 8.50. The van der Waals surface area contributed by atoms with Crippen LogP contribution in [0.15, 0.2) is 52.9 Å². The Morgan fingerprint density at radius 1 is 1.12 bits per heavy atom. The van der Waals surface area contributed by atoms with Crippen LogP contribution in [-0.2, 0) is 0 Å². The van der Waals surface area contributed by atoms with E-state index in [4.69, 9.17) is 4.74 Å². The van der Waals surface area contributed by atoms with Gasteiger partial charge in [-0.15, -0.1) is 11.3 Å². The Balaban J connectivity index is 1.69. The molecular weight excluding hydrogens is 318 g/mol. The van der Waals surface area contributed by atoms with E-state index >= 15 is 0 Å². The minimum absolute atomic E-state index is 0.774. The van der Waals surface area contributed by atoms with E-state index in [2.05, 4.69) is 47.6 Å². The Kier molecular flexibility index (Phi) is 4.91. The number of ether oxygens (including phenoxy) is 1. The molecule has 0 amide bonds. The lowest BCUT2D eigenvalue weighted by molar-refractivity contribution is 0.415. The molecule has 0 atom stereocenters. The summed E-state index contributed by atoms with van der Waals surface area (Å²) in [4.78, 5) is 4.61. The molecule has 0 fully saturated rings. The number of hydrogen-bond donors (Lipinski definition) is 1. The highest BCUT2D eigenvalue weighted by Crippen LogP contribution is 2.28. The number of thiazole rings is 1. The van der Waals surface area contributed by atoms with Crippen molar-refractivity contribution < 1.29 is 4.74 Å². The topological polar surface area (TPSA) is 46.5 Å². The van der Waals surface area contributed by atoms with E-state index in [9.17, 15) is 0 Å². The second-order valence-electron chi connectivity index (χ2n) is 5.50. The van der Waals surface area contributed by atoms with Crippen LogP contribution in [0.1, 0.15) is 16.7 Å². The maximum absolute atomic E-state index is 5.14. The highest BCUT2D eigenvalue weighted by Gasteiger charge is 2.07. The van der Waals surface area contributed by atoms with Crippen LogP contribution >= 0.6 is 11.3 Å². The number of benzene rings is 2. The molecule has 3 rings (SSSR count). The van der Waals surface area contributed by atoms with Gasteiger partial charge in [0.15, 0.2) is 0 Å². The number of hydrazone groups is 1. The van der Waals surface area contributed by atoms with Gasteiger partial charge in [-0.05, 0) is 55.3 Å². The maximum Gasteiger partial charge on any atom is 0.203 e. The van der Waals surface area contributed by atoms with Gasteiger partial charge in [0.25, 0.3) is 0 Å². The number of nitrogens with zero attached hydrogens (tertiary/aromatic N) is 2. The molecule has 24 heavy (non-hydrogen) atoms. The van der Waals surface area contributed by atoms with Crippen molar-refractivity contribution in [3.8, 4) is 17.0 Å². The standard InChI is InChI=1S/C19H19N3OS/c1-13-4-5-14(2)17(10-13)18-12-24-19(21-18)22-20-11-15-6-8-16(23-3)9-7-15/h4-12H,1-3H3,(H,21,22)/b20-11-. The second kappa shape index (κ2) is 7.27. The molecule has 0 radical (unpaired) electrons. The van der Waals surface area contributed by atoms with Crippen LogP contribution in [0.25, 0.3) is 11.3 Å². The van der Waals surface area contributed by atoms with Gasteiger partial charge in [0.1, 0.15) is 5.75 Å². The fourth-order valence-corrected chi connectivity index (χ4v) is 2.97. The van der Waals surface area contributed by atoms with Gasteiger partial charge in [-0.1, -0.05) is 17.7 Å². The zero-order chi connectivity index (χ0) is 16.9. The van der Waals surface area contributed by atoms with Gasteiger partial charge in [-0.2, -0.15) is 5.10 Å². The quantitative estimate of drug-likeness (QED) is 0.533. The molecule has 0 aliphatic heterocycles. The van der Waals surface area contributed by atoms with Gasteiger partial charge in [0, 0.05) is 10.9 Å². The third kappa shape index (κ3) is 3.81. The van der Waals surface area contributed by atoms with Gasteiger partial charge in [0.05, 0.1) is 19.0 Å². The molecule has 0 saturated carbocycles. The Morgan fingerprint density at radius 3 is 2.67 bits per heavy atom. The fraction of sp³-hybridized carbons (Fsp3) is 0.158. The van der Waals surface area contributed by atoms with E-state index in [-0.39, 0.29) is 0 Å².